The second-order valence-corrected chi connectivity index (χ2v) is 5.20. The van der Waals surface area contributed by atoms with Gasteiger partial charge in [-0.05, 0) is 50.5 Å². The SMILES string of the molecule is CCCNC1CCC(CC)CC1CCC. The number of hydrogen-bond acceptors (Lipinski definition) is 1. The van der Waals surface area contributed by atoms with E-state index in [4.69, 9.17) is 0 Å². The molecule has 0 amide bonds. The van der Waals surface area contributed by atoms with Crippen LogP contribution >= 0.6 is 0 Å². The summed E-state index contributed by atoms with van der Waals surface area (Å²) < 4.78 is 0. The van der Waals surface area contributed by atoms with Gasteiger partial charge in [-0.1, -0.05) is 33.6 Å². The van der Waals surface area contributed by atoms with Crippen LogP contribution in [0.15, 0.2) is 0 Å². The van der Waals surface area contributed by atoms with Gasteiger partial charge in [0, 0.05) is 6.04 Å². The fourth-order valence-electron chi connectivity index (χ4n) is 3.02. The normalized spacial score (nSPS) is 31.8. The molecule has 0 aliphatic heterocycles. The Balaban J connectivity index is 2.39. The molecule has 1 aliphatic rings. The van der Waals surface area contributed by atoms with Gasteiger partial charge < -0.3 is 5.32 Å². The lowest BCUT2D eigenvalue weighted by Gasteiger charge is -2.36. The lowest BCUT2D eigenvalue weighted by molar-refractivity contribution is 0.189. The summed E-state index contributed by atoms with van der Waals surface area (Å²) in [6.07, 6.45) is 9.80. The summed E-state index contributed by atoms with van der Waals surface area (Å²) in [6, 6.07) is 0.827. The number of rotatable bonds is 6. The fraction of sp³-hybridized carbons (Fsp3) is 1.00. The molecule has 1 nitrogen and oxygen atoms in total. The molecule has 0 saturated heterocycles. The molecule has 90 valence electrons. The van der Waals surface area contributed by atoms with Crippen molar-refractivity contribution in [3.05, 3.63) is 0 Å². The van der Waals surface area contributed by atoms with Crippen molar-refractivity contribution in [2.24, 2.45) is 11.8 Å². The van der Waals surface area contributed by atoms with Crippen LogP contribution in [0.3, 0.4) is 0 Å². The minimum atomic E-state index is 0.827. The van der Waals surface area contributed by atoms with Crippen LogP contribution in [0.1, 0.15) is 65.7 Å². The smallest absolute Gasteiger partial charge is 0.00955 e. The summed E-state index contributed by atoms with van der Waals surface area (Å²) in [5.74, 6) is 1.97. The van der Waals surface area contributed by atoms with Crippen molar-refractivity contribution in [2.75, 3.05) is 6.54 Å². The first kappa shape index (κ1) is 13.0. The van der Waals surface area contributed by atoms with Gasteiger partial charge in [0.15, 0.2) is 0 Å². The third-order valence-corrected chi connectivity index (χ3v) is 3.98. The molecule has 3 unspecified atom stereocenters. The Morgan fingerprint density at radius 1 is 1.07 bits per heavy atom. The Labute approximate surface area is 96.0 Å². The molecule has 1 fully saturated rings. The van der Waals surface area contributed by atoms with Crippen molar-refractivity contribution in [1.82, 2.24) is 5.32 Å². The van der Waals surface area contributed by atoms with Gasteiger partial charge in [-0.2, -0.15) is 0 Å². The summed E-state index contributed by atoms with van der Waals surface area (Å²) in [4.78, 5) is 0. The molecule has 0 bridgehead atoms. The molecule has 0 heterocycles. The molecular formula is C14H29N. The van der Waals surface area contributed by atoms with Crippen LogP contribution in [0.25, 0.3) is 0 Å². The average molecular weight is 211 g/mol. The Bertz CT molecular complexity index is 155. The fourth-order valence-corrected chi connectivity index (χ4v) is 3.02. The molecule has 1 saturated carbocycles. The maximum Gasteiger partial charge on any atom is 0.00955 e. The maximum atomic E-state index is 3.75. The van der Waals surface area contributed by atoms with Crippen molar-refractivity contribution in [1.29, 1.82) is 0 Å². The van der Waals surface area contributed by atoms with E-state index in [1.165, 1.54) is 51.5 Å². The summed E-state index contributed by atoms with van der Waals surface area (Å²) >= 11 is 0. The molecule has 1 aliphatic carbocycles. The highest BCUT2D eigenvalue weighted by Gasteiger charge is 2.28. The molecule has 0 radical (unpaired) electrons. The molecule has 0 aromatic carbocycles. The standard InChI is InChI=1S/C14H29N/c1-4-7-13-11-12(6-3)8-9-14(13)15-10-5-2/h12-15H,4-11H2,1-3H3. The molecule has 1 rings (SSSR count). The van der Waals surface area contributed by atoms with Gasteiger partial charge in [-0.25, -0.2) is 0 Å². The quantitative estimate of drug-likeness (QED) is 0.700. The second-order valence-electron chi connectivity index (χ2n) is 5.20. The largest absolute Gasteiger partial charge is 0.314 e. The van der Waals surface area contributed by atoms with Gasteiger partial charge >= 0.3 is 0 Å². The molecule has 0 aromatic heterocycles. The van der Waals surface area contributed by atoms with Crippen LogP contribution in [0.2, 0.25) is 0 Å². The number of nitrogens with one attached hydrogen (secondary N) is 1. The Kier molecular flexibility index (Phi) is 6.31. The van der Waals surface area contributed by atoms with Gasteiger partial charge in [-0.15, -0.1) is 0 Å². The van der Waals surface area contributed by atoms with Crippen LogP contribution in [0.4, 0.5) is 0 Å². The van der Waals surface area contributed by atoms with Gasteiger partial charge in [0.05, 0.1) is 0 Å². The third kappa shape index (κ3) is 4.14. The summed E-state index contributed by atoms with van der Waals surface area (Å²) in [7, 11) is 0. The molecule has 0 spiro atoms. The number of hydrogen-bond donors (Lipinski definition) is 1. The lowest BCUT2D eigenvalue weighted by Crippen LogP contribution is -2.40. The van der Waals surface area contributed by atoms with Crippen molar-refractivity contribution in [3.63, 3.8) is 0 Å². The first-order valence-corrected chi connectivity index (χ1v) is 7.05. The van der Waals surface area contributed by atoms with Gasteiger partial charge in [0.1, 0.15) is 0 Å². The van der Waals surface area contributed by atoms with Crippen molar-refractivity contribution >= 4 is 0 Å². The van der Waals surface area contributed by atoms with Crippen LogP contribution in [0, 0.1) is 11.8 Å². The van der Waals surface area contributed by atoms with E-state index < -0.39 is 0 Å². The maximum absolute atomic E-state index is 3.75. The van der Waals surface area contributed by atoms with E-state index in [0.29, 0.717) is 0 Å². The van der Waals surface area contributed by atoms with E-state index in [1.54, 1.807) is 0 Å². The van der Waals surface area contributed by atoms with Gasteiger partial charge in [0.2, 0.25) is 0 Å². The molecule has 3 atom stereocenters. The zero-order chi connectivity index (χ0) is 11.1. The molecule has 1 heteroatoms. The lowest BCUT2D eigenvalue weighted by atomic mass is 9.75. The van der Waals surface area contributed by atoms with Crippen LogP contribution < -0.4 is 5.32 Å². The van der Waals surface area contributed by atoms with E-state index in [-0.39, 0.29) is 0 Å². The molecule has 0 aromatic rings. The minimum absolute atomic E-state index is 0.827. The van der Waals surface area contributed by atoms with E-state index in [0.717, 1.165) is 17.9 Å². The summed E-state index contributed by atoms with van der Waals surface area (Å²) in [5, 5.41) is 3.75. The van der Waals surface area contributed by atoms with E-state index in [9.17, 15) is 0 Å². The first-order valence-electron chi connectivity index (χ1n) is 7.05. The van der Waals surface area contributed by atoms with Crippen LogP contribution in [0.5, 0.6) is 0 Å². The molecule has 15 heavy (non-hydrogen) atoms. The summed E-state index contributed by atoms with van der Waals surface area (Å²) in [5.41, 5.74) is 0. The Morgan fingerprint density at radius 2 is 1.87 bits per heavy atom. The Hall–Kier alpha value is -0.0400. The van der Waals surface area contributed by atoms with Gasteiger partial charge in [0.25, 0.3) is 0 Å². The van der Waals surface area contributed by atoms with Crippen molar-refractivity contribution < 1.29 is 0 Å². The molecular weight excluding hydrogens is 182 g/mol. The van der Waals surface area contributed by atoms with E-state index in [1.807, 2.05) is 0 Å². The summed E-state index contributed by atoms with van der Waals surface area (Å²) in [6.45, 7) is 8.15. The highest BCUT2D eigenvalue weighted by atomic mass is 14.9. The van der Waals surface area contributed by atoms with Crippen molar-refractivity contribution in [3.8, 4) is 0 Å². The molecule has 1 N–H and O–H groups in total. The van der Waals surface area contributed by atoms with Gasteiger partial charge in [-0.3, -0.25) is 0 Å². The predicted octanol–water partition coefficient (Wildman–Crippen LogP) is 3.98. The van der Waals surface area contributed by atoms with Crippen molar-refractivity contribution in [2.45, 2.75) is 71.8 Å². The average Bonchev–Trinajstić information content (AvgIpc) is 2.27. The predicted molar refractivity (Wildman–Crippen MR) is 68.1 cm³/mol. The second kappa shape index (κ2) is 7.27. The van der Waals surface area contributed by atoms with E-state index >= 15 is 0 Å². The third-order valence-electron chi connectivity index (χ3n) is 3.98. The highest BCUT2D eigenvalue weighted by Crippen LogP contribution is 2.33. The van der Waals surface area contributed by atoms with Crippen LogP contribution in [-0.2, 0) is 0 Å². The Morgan fingerprint density at radius 3 is 2.47 bits per heavy atom. The van der Waals surface area contributed by atoms with Crippen LogP contribution in [-0.4, -0.2) is 12.6 Å². The highest BCUT2D eigenvalue weighted by molar-refractivity contribution is 4.84. The van der Waals surface area contributed by atoms with E-state index in [2.05, 4.69) is 26.1 Å². The zero-order valence-corrected chi connectivity index (χ0v) is 10.9. The monoisotopic (exact) mass is 211 g/mol. The zero-order valence-electron chi connectivity index (χ0n) is 10.9. The first-order chi connectivity index (χ1) is 7.31. The minimum Gasteiger partial charge on any atom is -0.314 e. The topological polar surface area (TPSA) is 12.0 Å².